The van der Waals surface area contributed by atoms with Crippen LogP contribution in [0.3, 0.4) is 0 Å². The summed E-state index contributed by atoms with van der Waals surface area (Å²) in [5, 5.41) is 12.8. The molecular formula is C19H19N3O7. The van der Waals surface area contributed by atoms with Crippen LogP contribution in [0.2, 0.25) is 0 Å². The monoisotopic (exact) mass is 401 g/mol. The average Bonchev–Trinajstić information content (AvgIpc) is 3.14. The third-order valence-corrected chi connectivity index (χ3v) is 5.18. The van der Waals surface area contributed by atoms with Gasteiger partial charge < -0.3 is 20.3 Å². The van der Waals surface area contributed by atoms with Gasteiger partial charge in [0, 0.05) is 18.2 Å². The number of hydrogen-bond acceptors (Lipinski definition) is 7. The molecule has 0 aromatic heterocycles. The molecule has 0 spiro atoms. The van der Waals surface area contributed by atoms with Crippen molar-refractivity contribution in [2.24, 2.45) is 11.1 Å². The lowest BCUT2D eigenvalue weighted by molar-refractivity contribution is -0.147. The molecule has 29 heavy (non-hydrogen) atoms. The van der Waals surface area contributed by atoms with Gasteiger partial charge in [-0.05, 0) is 24.0 Å². The van der Waals surface area contributed by atoms with Gasteiger partial charge in [-0.3, -0.25) is 24.6 Å². The minimum atomic E-state index is -2.85. The molecule has 2 heterocycles. The lowest BCUT2D eigenvalue weighted by atomic mass is 9.73. The van der Waals surface area contributed by atoms with E-state index >= 15 is 0 Å². The maximum atomic E-state index is 13.3. The molecule has 4 amide bonds. The van der Waals surface area contributed by atoms with Gasteiger partial charge in [-0.1, -0.05) is 13.8 Å². The zero-order valence-corrected chi connectivity index (χ0v) is 15.8. The molecular weight excluding hydrogens is 382 g/mol. The zero-order chi connectivity index (χ0) is 21.1. The zero-order valence-electron chi connectivity index (χ0n) is 15.8. The van der Waals surface area contributed by atoms with E-state index in [0.717, 1.165) is 4.90 Å². The Bertz CT molecular complexity index is 1010. The third kappa shape index (κ3) is 2.75. The van der Waals surface area contributed by atoms with Gasteiger partial charge in [0.2, 0.25) is 6.79 Å². The number of anilines is 1. The van der Waals surface area contributed by atoms with Crippen molar-refractivity contribution < 1.29 is 33.8 Å². The minimum absolute atomic E-state index is 0.0250. The standard InChI is InChI=1S/C19H19N3O7/c1-18(2)6-10-14(11(23)7-18)19(27,15(24)21-17(20)26)16(25)22(10)9-3-4-12-13(5-9)29-8-28-12/h3-5,27H,6-8H2,1-2H3,(H3,20,21,24,26). The Kier molecular flexibility index (Phi) is 3.95. The van der Waals surface area contributed by atoms with Gasteiger partial charge in [-0.2, -0.15) is 0 Å². The fourth-order valence-corrected chi connectivity index (χ4v) is 3.99. The van der Waals surface area contributed by atoms with E-state index in [2.05, 4.69) is 0 Å². The van der Waals surface area contributed by atoms with Gasteiger partial charge in [0.05, 0.1) is 11.3 Å². The topological polar surface area (TPSA) is 148 Å². The molecule has 0 radical (unpaired) electrons. The number of imide groups is 1. The molecule has 152 valence electrons. The molecule has 4 rings (SSSR count). The second-order valence-electron chi connectivity index (χ2n) is 7.97. The van der Waals surface area contributed by atoms with E-state index in [0.29, 0.717) is 17.2 Å². The van der Waals surface area contributed by atoms with Gasteiger partial charge in [0.15, 0.2) is 17.3 Å². The first-order chi connectivity index (χ1) is 13.5. The first-order valence-corrected chi connectivity index (χ1v) is 8.89. The van der Waals surface area contributed by atoms with Crippen molar-refractivity contribution in [3.05, 3.63) is 29.5 Å². The van der Waals surface area contributed by atoms with Crippen LogP contribution in [0.1, 0.15) is 26.7 Å². The van der Waals surface area contributed by atoms with Crippen molar-refractivity contribution in [3.8, 4) is 11.5 Å². The number of nitrogens with two attached hydrogens (primary N) is 1. The lowest BCUT2D eigenvalue weighted by Crippen LogP contribution is -2.57. The molecule has 0 fully saturated rings. The van der Waals surface area contributed by atoms with Gasteiger partial charge in [-0.25, -0.2) is 4.79 Å². The molecule has 0 saturated carbocycles. The number of ether oxygens (including phenoxy) is 2. The summed E-state index contributed by atoms with van der Waals surface area (Å²) in [5.74, 6) is -2.10. The second-order valence-corrected chi connectivity index (χ2v) is 7.97. The third-order valence-electron chi connectivity index (χ3n) is 5.18. The number of urea groups is 1. The molecule has 1 aliphatic carbocycles. The SMILES string of the molecule is CC1(C)CC(=O)C2=C(C1)N(c1ccc3c(c1)OCO3)C(=O)C2(O)C(=O)NC(N)=O. The first-order valence-electron chi connectivity index (χ1n) is 8.89. The average molecular weight is 401 g/mol. The molecule has 1 aromatic rings. The normalized spacial score (nSPS) is 24.6. The van der Waals surface area contributed by atoms with E-state index in [1.54, 1.807) is 17.4 Å². The maximum absolute atomic E-state index is 13.3. The van der Waals surface area contributed by atoms with Crippen molar-refractivity contribution in [1.82, 2.24) is 5.32 Å². The number of nitrogens with zero attached hydrogens (tertiary/aromatic N) is 1. The molecule has 2 aliphatic heterocycles. The van der Waals surface area contributed by atoms with Crippen molar-refractivity contribution in [1.29, 1.82) is 0 Å². The van der Waals surface area contributed by atoms with Gasteiger partial charge >= 0.3 is 6.03 Å². The summed E-state index contributed by atoms with van der Waals surface area (Å²) in [6.07, 6.45) is 0.278. The van der Waals surface area contributed by atoms with Crippen molar-refractivity contribution in [2.75, 3.05) is 11.7 Å². The quantitative estimate of drug-likeness (QED) is 0.605. The van der Waals surface area contributed by atoms with Gasteiger partial charge in [0.1, 0.15) is 0 Å². The van der Waals surface area contributed by atoms with E-state index in [1.165, 1.54) is 6.07 Å². The van der Waals surface area contributed by atoms with Crippen LogP contribution in [0.25, 0.3) is 0 Å². The Hall–Kier alpha value is -3.40. The predicted molar refractivity (Wildman–Crippen MR) is 97.8 cm³/mol. The molecule has 4 N–H and O–H groups in total. The van der Waals surface area contributed by atoms with Crippen LogP contribution in [-0.4, -0.2) is 41.1 Å². The van der Waals surface area contributed by atoms with Crippen molar-refractivity contribution in [3.63, 3.8) is 0 Å². The Labute approximate surface area is 165 Å². The Balaban J connectivity index is 1.88. The van der Waals surface area contributed by atoms with Crippen molar-refractivity contribution >= 4 is 29.3 Å². The first kappa shape index (κ1) is 18.9. The van der Waals surface area contributed by atoms with Crippen molar-refractivity contribution in [2.45, 2.75) is 32.3 Å². The number of aliphatic hydroxyl groups is 1. The lowest BCUT2D eigenvalue weighted by Gasteiger charge is -2.32. The number of ketones is 1. The Morgan fingerprint density at radius 2 is 1.86 bits per heavy atom. The molecule has 10 heteroatoms. The number of carbonyl (C=O) groups excluding carboxylic acids is 4. The number of primary amides is 1. The maximum Gasteiger partial charge on any atom is 0.318 e. The highest BCUT2D eigenvalue weighted by atomic mass is 16.7. The number of Topliss-reactive ketones (excluding diaryl/α,β-unsaturated/α-hetero) is 1. The number of benzene rings is 1. The molecule has 10 nitrogen and oxygen atoms in total. The number of allylic oxidation sites excluding steroid dienone is 1. The molecule has 1 aromatic carbocycles. The Morgan fingerprint density at radius 1 is 1.17 bits per heavy atom. The van der Waals surface area contributed by atoms with Gasteiger partial charge in [-0.15, -0.1) is 0 Å². The van der Waals surface area contributed by atoms with Crippen LogP contribution in [0, 0.1) is 5.41 Å². The highest BCUT2D eigenvalue weighted by Crippen LogP contribution is 2.49. The van der Waals surface area contributed by atoms with E-state index in [1.807, 2.05) is 13.8 Å². The number of hydrogen-bond donors (Lipinski definition) is 3. The van der Waals surface area contributed by atoms with Gasteiger partial charge in [0.25, 0.3) is 17.4 Å². The molecule has 0 bridgehead atoms. The fraction of sp³-hybridized carbons (Fsp3) is 0.368. The van der Waals surface area contributed by atoms with Crippen LogP contribution < -0.4 is 25.4 Å². The van der Waals surface area contributed by atoms with Crippen LogP contribution in [0.15, 0.2) is 29.5 Å². The molecule has 1 unspecified atom stereocenters. The highest BCUT2D eigenvalue weighted by molar-refractivity contribution is 6.29. The summed E-state index contributed by atoms with van der Waals surface area (Å²) in [7, 11) is 0. The number of amides is 4. The predicted octanol–water partition coefficient (Wildman–Crippen LogP) is 0.331. The van der Waals surface area contributed by atoms with E-state index in [-0.39, 0.29) is 30.9 Å². The number of carbonyl (C=O) groups is 4. The summed E-state index contributed by atoms with van der Waals surface area (Å²) >= 11 is 0. The number of fused-ring (bicyclic) bond motifs is 1. The van der Waals surface area contributed by atoms with E-state index < -0.39 is 34.6 Å². The summed E-state index contributed by atoms with van der Waals surface area (Å²) in [5.41, 5.74) is 1.79. The largest absolute Gasteiger partial charge is 0.454 e. The Morgan fingerprint density at radius 3 is 2.55 bits per heavy atom. The van der Waals surface area contributed by atoms with Crippen LogP contribution in [0.4, 0.5) is 10.5 Å². The van der Waals surface area contributed by atoms with E-state index in [4.69, 9.17) is 15.2 Å². The molecule has 3 aliphatic rings. The smallest absolute Gasteiger partial charge is 0.318 e. The number of nitrogens with one attached hydrogen (secondary N) is 1. The fourth-order valence-electron chi connectivity index (χ4n) is 3.99. The van der Waals surface area contributed by atoms with E-state index in [9.17, 15) is 24.3 Å². The van der Waals surface area contributed by atoms with Crippen LogP contribution in [-0.2, 0) is 14.4 Å². The summed E-state index contributed by atoms with van der Waals surface area (Å²) in [6, 6.07) is 3.42. The van der Waals surface area contributed by atoms with Crippen LogP contribution >= 0.6 is 0 Å². The second kappa shape index (κ2) is 6.05. The molecule has 0 saturated heterocycles. The summed E-state index contributed by atoms with van der Waals surface area (Å²) in [4.78, 5) is 51.0. The minimum Gasteiger partial charge on any atom is -0.454 e. The summed E-state index contributed by atoms with van der Waals surface area (Å²) in [6.45, 7) is 3.72. The number of rotatable bonds is 2. The molecule has 1 atom stereocenters. The van der Waals surface area contributed by atoms with Crippen LogP contribution in [0.5, 0.6) is 11.5 Å². The highest BCUT2D eigenvalue weighted by Gasteiger charge is 2.62. The summed E-state index contributed by atoms with van der Waals surface area (Å²) < 4.78 is 10.6.